The molecule has 5 heteroatoms. The van der Waals surface area contributed by atoms with Gasteiger partial charge in [0.15, 0.2) is 0 Å². The number of hydrogen-bond acceptors (Lipinski definition) is 4. The van der Waals surface area contributed by atoms with Gasteiger partial charge in [-0.15, -0.1) is 0 Å². The molecule has 140 valence electrons. The minimum atomic E-state index is -0.306. The highest BCUT2D eigenvalue weighted by Crippen LogP contribution is 2.44. The molecule has 2 heterocycles. The van der Waals surface area contributed by atoms with Gasteiger partial charge in [-0.05, 0) is 42.0 Å². The summed E-state index contributed by atoms with van der Waals surface area (Å²) in [4.78, 5) is 13.3. The van der Waals surface area contributed by atoms with Gasteiger partial charge in [0.1, 0.15) is 11.5 Å². The van der Waals surface area contributed by atoms with E-state index in [1.807, 2.05) is 60.7 Å². The lowest BCUT2D eigenvalue weighted by Crippen LogP contribution is -2.33. The van der Waals surface area contributed by atoms with Crippen LogP contribution in [-0.2, 0) is 4.79 Å². The van der Waals surface area contributed by atoms with Gasteiger partial charge in [0.05, 0.1) is 29.6 Å². The van der Waals surface area contributed by atoms with Crippen LogP contribution < -0.4 is 10.6 Å². The molecule has 28 heavy (non-hydrogen) atoms. The SMILES string of the molecule is O=C1CC(c2ccco2)C=C2Nc3ccccc3NC(c3ccc(Cl)cc3)C12. The summed E-state index contributed by atoms with van der Waals surface area (Å²) in [5, 5.41) is 7.77. The summed E-state index contributed by atoms with van der Waals surface area (Å²) in [7, 11) is 0. The van der Waals surface area contributed by atoms with Gasteiger partial charge < -0.3 is 15.1 Å². The van der Waals surface area contributed by atoms with Crippen LogP contribution in [0.15, 0.2) is 83.1 Å². The van der Waals surface area contributed by atoms with Crippen LogP contribution >= 0.6 is 11.6 Å². The molecule has 1 aliphatic heterocycles. The molecule has 3 aromatic rings. The van der Waals surface area contributed by atoms with Crippen molar-refractivity contribution < 1.29 is 9.21 Å². The zero-order chi connectivity index (χ0) is 19.1. The van der Waals surface area contributed by atoms with E-state index in [0.29, 0.717) is 11.4 Å². The number of carbonyl (C=O) groups excluding carboxylic acids is 1. The number of Topliss-reactive ketones (excluding diaryl/α,β-unsaturated/α-hetero) is 1. The van der Waals surface area contributed by atoms with E-state index in [0.717, 1.165) is 28.4 Å². The molecule has 0 saturated heterocycles. The van der Waals surface area contributed by atoms with Crippen LogP contribution in [0.4, 0.5) is 11.4 Å². The smallest absolute Gasteiger partial charge is 0.145 e. The summed E-state index contributed by atoms with van der Waals surface area (Å²) in [6, 6.07) is 19.3. The Morgan fingerprint density at radius 3 is 2.50 bits per heavy atom. The lowest BCUT2D eigenvalue weighted by Gasteiger charge is -2.31. The molecular formula is C23H19ClN2O2. The van der Waals surface area contributed by atoms with Crippen molar-refractivity contribution >= 4 is 28.8 Å². The first-order valence-electron chi connectivity index (χ1n) is 9.35. The molecule has 5 rings (SSSR count). The van der Waals surface area contributed by atoms with E-state index in [1.54, 1.807) is 6.26 Å². The number of allylic oxidation sites excluding steroid dienone is 1. The third-order valence-electron chi connectivity index (χ3n) is 5.47. The number of nitrogens with one attached hydrogen (secondary N) is 2. The fourth-order valence-electron chi connectivity index (χ4n) is 4.14. The van der Waals surface area contributed by atoms with Crippen molar-refractivity contribution in [3.63, 3.8) is 0 Å². The first-order chi connectivity index (χ1) is 13.7. The summed E-state index contributed by atoms with van der Waals surface area (Å²) >= 11 is 6.08. The maximum Gasteiger partial charge on any atom is 0.145 e. The van der Waals surface area contributed by atoms with Gasteiger partial charge in [0.25, 0.3) is 0 Å². The number of rotatable bonds is 2. The van der Waals surface area contributed by atoms with E-state index in [-0.39, 0.29) is 23.7 Å². The Labute approximate surface area is 168 Å². The molecule has 0 fully saturated rings. The number of ketones is 1. The molecule has 1 aromatic heterocycles. The second kappa shape index (κ2) is 6.88. The van der Waals surface area contributed by atoms with Crippen LogP contribution in [0.1, 0.15) is 29.7 Å². The van der Waals surface area contributed by atoms with Crippen LogP contribution in [-0.4, -0.2) is 5.78 Å². The summed E-state index contributed by atoms with van der Waals surface area (Å²) in [6.07, 6.45) is 4.21. The highest BCUT2D eigenvalue weighted by atomic mass is 35.5. The maximum atomic E-state index is 13.3. The maximum absolute atomic E-state index is 13.3. The molecule has 0 saturated carbocycles. The average molecular weight is 391 g/mol. The lowest BCUT2D eigenvalue weighted by atomic mass is 9.78. The standard InChI is InChI=1S/C23H19ClN2O2/c24-16-9-7-14(8-10-16)23-22-19(25-17-4-1-2-5-18(17)26-23)12-15(13-20(22)27)21-6-3-11-28-21/h1-12,15,22-23,25-26H,13H2. The highest BCUT2D eigenvalue weighted by molar-refractivity contribution is 6.30. The highest BCUT2D eigenvalue weighted by Gasteiger charge is 2.40. The summed E-state index contributed by atoms with van der Waals surface area (Å²) < 4.78 is 5.57. The third-order valence-corrected chi connectivity index (χ3v) is 5.72. The van der Waals surface area contributed by atoms with Crippen LogP contribution in [0.25, 0.3) is 0 Å². The Morgan fingerprint density at radius 1 is 0.964 bits per heavy atom. The van der Waals surface area contributed by atoms with E-state index in [4.69, 9.17) is 16.0 Å². The van der Waals surface area contributed by atoms with Crippen molar-refractivity contribution in [1.29, 1.82) is 0 Å². The van der Waals surface area contributed by atoms with Gasteiger partial charge >= 0.3 is 0 Å². The fourth-order valence-corrected chi connectivity index (χ4v) is 4.26. The molecule has 2 N–H and O–H groups in total. The van der Waals surface area contributed by atoms with E-state index in [1.165, 1.54) is 0 Å². The molecule has 0 bridgehead atoms. The summed E-state index contributed by atoms with van der Waals surface area (Å²) in [5.74, 6) is 0.637. The van der Waals surface area contributed by atoms with E-state index < -0.39 is 0 Å². The number of carbonyl (C=O) groups is 1. The van der Waals surface area contributed by atoms with E-state index in [2.05, 4.69) is 16.7 Å². The van der Waals surface area contributed by atoms with E-state index >= 15 is 0 Å². The van der Waals surface area contributed by atoms with Gasteiger partial charge in [-0.25, -0.2) is 0 Å². The molecule has 2 aromatic carbocycles. The second-order valence-electron chi connectivity index (χ2n) is 7.24. The average Bonchev–Trinajstić information content (AvgIpc) is 3.18. The van der Waals surface area contributed by atoms with Gasteiger partial charge in [0.2, 0.25) is 0 Å². The van der Waals surface area contributed by atoms with E-state index in [9.17, 15) is 4.79 Å². The quantitative estimate of drug-likeness (QED) is 0.583. The molecule has 2 aliphatic rings. The first-order valence-corrected chi connectivity index (χ1v) is 9.73. The normalized spacial score (nSPS) is 23.5. The fraction of sp³-hybridized carbons (Fsp3) is 0.174. The monoisotopic (exact) mass is 390 g/mol. The number of fused-ring (bicyclic) bond motifs is 2. The van der Waals surface area contributed by atoms with Crippen LogP contribution in [0.3, 0.4) is 0 Å². The molecule has 0 amide bonds. The zero-order valence-electron chi connectivity index (χ0n) is 15.1. The van der Waals surface area contributed by atoms with Crippen LogP contribution in [0.5, 0.6) is 0 Å². The summed E-state index contributed by atoms with van der Waals surface area (Å²) in [5.41, 5.74) is 3.88. The number of para-hydroxylation sites is 2. The predicted molar refractivity (Wildman–Crippen MR) is 111 cm³/mol. The van der Waals surface area contributed by atoms with Crippen molar-refractivity contribution in [3.8, 4) is 0 Å². The second-order valence-corrected chi connectivity index (χ2v) is 7.67. The van der Waals surface area contributed by atoms with Gasteiger partial charge in [-0.2, -0.15) is 0 Å². The molecule has 3 atom stereocenters. The van der Waals surface area contributed by atoms with Crippen molar-refractivity contribution in [1.82, 2.24) is 0 Å². The Hall–Kier alpha value is -2.98. The minimum absolute atomic E-state index is 0.0580. The largest absolute Gasteiger partial charge is 0.469 e. The third kappa shape index (κ3) is 3.00. The molecule has 0 spiro atoms. The van der Waals surface area contributed by atoms with Gasteiger partial charge in [-0.3, -0.25) is 4.79 Å². The number of benzene rings is 2. The zero-order valence-corrected chi connectivity index (χ0v) is 15.8. The van der Waals surface area contributed by atoms with Crippen LogP contribution in [0, 0.1) is 5.92 Å². The minimum Gasteiger partial charge on any atom is -0.469 e. The molecular weight excluding hydrogens is 372 g/mol. The van der Waals surface area contributed by atoms with Crippen molar-refractivity contribution in [2.75, 3.05) is 10.6 Å². The van der Waals surface area contributed by atoms with Gasteiger partial charge in [0, 0.05) is 23.1 Å². The molecule has 3 unspecified atom stereocenters. The summed E-state index contributed by atoms with van der Waals surface area (Å²) in [6.45, 7) is 0. The Bertz CT molecular complexity index is 1040. The first kappa shape index (κ1) is 17.1. The number of hydrogen-bond donors (Lipinski definition) is 2. The number of halogens is 1. The topological polar surface area (TPSA) is 54.3 Å². The number of furan rings is 1. The Balaban J connectivity index is 1.63. The van der Waals surface area contributed by atoms with Gasteiger partial charge in [-0.1, -0.05) is 41.9 Å². The molecule has 1 aliphatic carbocycles. The van der Waals surface area contributed by atoms with Crippen molar-refractivity contribution in [3.05, 3.63) is 95.0 Å². The lowest BCUT2D eigenvalue weighted by molar-refractivity contribution is -0.122. The molecule has 0 radical (unpaired) electrons. The molecule has 4 nitrogen and oxygen atoms in total. The number of anilines is 2. The Kier molecular flexibility index (Phi) is 4.21. The van der Waals surface area contributed by atoms with Crippen molar-refractivity contribution in [2.45, 2.75) is 18.4 Å². The predicted octanol–water partition coefficient (Wildman–Crippen LogP) is 5.77. The van der Waals surface area contributed by atoms with Crippen LogP contribution in [0.2, 0.25) is 5.02 Å². The Morgan fingerprint density at radius 2 is 1.75 bits per heavy atom. The van der Waals surface area contributed by atoms with Crippen molar-refractivity contribution in [2.24, 2.45) is 5.92 Å².